The molecule has 3 aliphatic rings. The molecule has 2 amide bonds. The molecule has 1 unspecified atom stereocenters. The van der Waals surface area contributed by atoms with Crippen molar-refractivity contribution in [1.82, 2.24) is 15.5 Å². The SMILES string of the molecule is CN1CCc2cc(C(CNC(=O)C(=O)NC3CCCCCC3)N3CCCC3)ccc21. The van der Waals surface area contributed by atoms with Gasteiger partial charge in [-0.2, -0.15) is 0 Å². The van der Waals surface area contributed by atoms with Gasteiger partial charge in [0.15, 0.2) is 0 Å². The summed E-state index contributed by atoms with van der Waals surface area (Å²) in [5.74, 6) is -0.970. The number of carbonyl (C=O) groups excluding carboxylic acids is 2. The molecule has 0 bridgehead atoms. The minimum Gasteiger partial charge on any atom is -0.374 e. The zero-order valence-electron chi connectivity index (χ0n) is 18.3. The minimum atomic E-state index is -0.496. The number of benzene rings is 1. The van der Waals surface area contributed by atoms with Crippen molar-refractivity contribution in [3.8, 4) is 0 Å². The van der Waals surface area contributed by atoms with Crippen molar-refractivity contribution in [3.63, 3.8) is 0 Å². The number of rotatable bonds is 5. The molecule has 0 radical (unpaired) electrons. The van der Waals surface area contributed by atoms with Gasteiger partial charge in [0.1, 0.15) is 0 Å². The van der Waals surface area contributed by atoms with Crippen LogP contribution in [0.15, 0.2) is 18.2 Å². The second-order valence-corrected chi connectivity index (χ2v) is 9.19. The van der Waals surface area contributed by atoms with Gasteiger partial charge < -0.3 is 15.5 Å². The molecule has 1 saturated heterocycles. The van der Waals surface area contributed by atoms with E-state index in [0.29, 0.717) is 6.54 Å². The molecule has 1 aromatic carbocycles. The van der Waals surface area contributed by atoms with E-state index in [9.17, 15) is 9.59 Å². The van der Waals surface area contributed by atoms with E-state index in [-0.39, 0.29) is 12.1 Å². The standard InChI is InChI=1S/C24H36N4O2/c1-27-15-12-19-16-18(10-11-21(19)27)22(28-13-6-7-14-28)17-25-23(29)24(30)26-20-8-4-2-3-5-9-20/h10-11,16,20,22H,2-9,12-15,17H2,1H3,(H,25,29)(H,26,30). The van der Waals surface area contributed by atoms with Crippen LogP contribution in [0.2, 0.25) is 0 Å². The Bertz CT molecular complexity index is 752. The maximum absolute atomic E-state index is 12.5. The lowest BCUT2D eigenvalue weighted by atomic mass is 10.0. The van der Waals surface area contributed by atoms with Crippen LogP contribution in [0.3, 0.4) is 0 Å². The van der Waals surface area contributed by atoms with Gasteiger partial charge in [-0.1, -0.05) is 37.8 Å². The topological polar surface area (TPSA) is 64.7 Å². The van der Waals surface area contributed by atoms with E-state index in [4.69, 9.17) is 0 Å². The van der Waals surface area contributed by atoms with Crippen LogP contribution in [-0.2, 0) is 16.0 Å². The number of nitrogens with zero attached hydrogens (tertiary/aromatic N) is 2. The van der Waals surface area contributed by atoms with Gasteiger partial charge in [-0.25, -0.2) is 0 Å². The van der Waals surface area contributed by atoms with Crippen molar-refractivity contribution in [3.05, 3.63) is 29.3 Å². The zero-order chi connectivity index (χ0) is 20.9. The summed E-state index contributed by atoms with van der Waals surface area (Å²) in [7, 11) is 2.14. The summed E-state index contributed by atoms with van der Waals surface area (Å²) in [4.78, 5) is 29.7. The molecule has 2 heterocycles. The maximum atomic E-state index is 12.5. The lowest BCUT2D eigenvalue weighted by Crippen LogP contribution is -2.46. The average Bonchev–Trinajstić information content (AvgIpc) is 3.33. The molecule has 0 aromatic heterocycles. The molecule has 30 heavy (non-hydrogen) atoms. The van der Waals surface area contributed by atoms with Crippen LogP contribution in [0.5, 0.6) is 0 Å². The third-order valence-corrected chi connectivity index (χ3v) is 7.05. The number of amides is 2. The Balaban J connectivity index is 1.39. The zero-order valence-corrected chi connectivity index (χ0v) is 18.3. The summed E-state index contributed by atoms with van der Waals surface area (Å²) in [6, 6.07) is 6.98. The molecule has 1 atom stereocenters. The van der Waals surface area contributed by atoms with E-state index in [1.54, 1.807) is 0 Å². The molecule has 2 fully saturated rings. The summed E-state index contributed by atoms with van der Waals surface area (Å²) < 4.78 is 0. The number of hydrogen-bond acceptors (Lipinski definition) is 4. The van der Waals surface area contributed by atoms with Gasteiger partial charge in [0.25, 0.3) is 0 Å². The van der Waals surface area contributed by atoms with Gasteiger partial charge in [-0.15, -0.1) is 0 Å². The minimum absolute atomic E-state index is 0.123. The lowest BCUT2D eigenvalue weighted by molar-refractivity contribution is -0.139. The van der Waals surface area contributed by atoms with Crippen molar-refractivity contribution in [1.29, 1.82) is 0 Å². The van der Waals surface area contributed by atoms with E-state index < -0.39 is 11.8 Å². The van der Waals surface area contributed by atoms with Crippen molar-refractivity contribution < 1.29 is 9.59 Å². The monoisotopic (exact) mass is 412 g/mol. The fraction of sp³-hybridized carbons (Fsp3) is 0.667. The van der Waals surface area contributed by atoms with E-state index in [2.05, 4.69) is 45.7 Å². The molecule has 6 nitrogen and oxygen atoms in total. The van der Waals surface area contributed by atoms with Crippen molar-refractivity contribution >= 4 is 17.5 Å². The van der Waals surface area contributed by atoms with E-state index in [1.165, 1.54) is 42.5 Å². The second-order valence-electron chi connectivity index (χ2n) is 9.19. The number of anilines is 1. The number of likely N-dealkylation sites (N-methyl/N-ethyl adjacent to an activating group) is 1. The first kappa shape index (κ1) is 21.2. The summed E-state index contributed by atoms with van der Waals surface area (Å²) in [6.07, 6.45) is 10.2. The highest BCUT2D eigenvalue weighted by Gasteiger charge is 2.27. The van der Waals surface area contributed by atoms with Crippen LogP contribution in [0.4, 0.5) is 5.69 Å². The molecule has 0 spiro atoms. The van der Waals surface area contributed by atoms with Crippen LogP contribution in [-0.4, -0.2) is 56.0 Å². The van der Waals surface area contributed by atoms with E-state index in [0.717, 1.165) is 51.7 Å². The second kappa shape index (κ2) is 9.82. The molecule has 6 heteroatoms. The fourth-order valence-electron chi connectivity index (χ4n) is 5.25. The normalized spacial score (nSPS) is 21.2. The van der Waals surface area contributed by atoms with Crippen LogP contribution in [0.25, 0.3) is 0 Å². The van der Waals surface area contributed by atoms with Crippen LogP contribution >= 0.6 is 0 Å². The highest BCUT2D eigenvalue weighted by molar-refractivity contribution is 6.35. The Labute approximate surface area is 180 Å². The molecule has 2 aliphatic heterocycles. The van der Waals surface area contributed by atoms with Crippen LogP contribution in [0, 0.1) is 0 Å². The molecular formula is C24H36N4O2. The molecule has 1 aromatic rings. The first-order valence-electron chi connectivity index (χ1n) is 11.8. The summed E-state index contributed by atoms with van der Waals surface area (Å²) in [6.45, 7) is 3.63. The molecule has 164 valence electrons. The van der Waals surface area contributed by atoms with E-state index in [1.807, 2.05) is 0 Å². The Hall–Kier alpha value is -2.08. The van der Waals surface area contributed by atoms with Crippen molar-refractivity contribution in [2.24, 2.45) is 0 Å². The Morgan fingerprint density at radius 2 is 1.73 bits per heavy atom. The average molecular weight is 413 g/mol. The highest BCUT2D eigenvalue weighted by atomic mass is 16.2. The van der Waals surface area contributed by atoms with Gasteiger partial charge in [-0.3, -0.25) is 14.5 Å². The van der Waals surface area contributed by atoms with Crippen molar-refractivity contribution in [2.45, 2.75) is 69.9 Å². The van der Waals surface area contributed by atoms with Crippen molar-refractivity contribution in [2.75, 3.05) is 38.1 Å². The fourth-order valence-corrected chi connectivity index (χ4v) is 5.25. The number of likely N-dealkylation sites (tertiary alicyclic amines) is 1. The third kappa shape index (κ3) is 4.97. The van der Waals surface area contributed by atoms with E-state index >= 15 is 0 Å². The largest absolute Gasteiger partial charge is 0.374 e. The molecule has 1 saturated carbocycles. The number of hydrogen-bond donors (Lipinski definition) is 2. The van der Waals surface area contributed by atoms with Crippen LogP contribution in [0.1, 0.15) is 68.5 Å². The summed E-state index contributed by atoms with van der Waals surface area (Å²) >= 11 is 0. The van der Waals surface area contributed by atoms with Gasteiger partial charge >= 0.3 is 11.8 Å². The Morgan fingerprint density at radius 1 is 1.00 bits per heavy atom. The molecular weight excluding hydrogens is 376 g/mol. The van der Waals surface area contributed by atoms with Crippen LogP contribution < -0.4 is 15.5 Å². The quantitative estimate of drug-likeness (QED) is 0.577. The van der Waals surface area contributed by atoms with Gasteiger partial charge in [0.05, 0.1) is 6.04 Å². The number of nitrogens with one attached hydrogen (secondary N) is 2. The Kier molecular flexibility index (Phi) is 6.93. The highest BCUT2D eigenvalue weighted by Crippen LogP contribution is 2.32. The smallest absolute Gasteiger partial charge is 0.309 e. The number of carbonyl (C=O) groups is 2. The van der Waals surface area contributed by atoms with Gasteiger partial charge in [0, 0.05) is 31.9 Å². The first-order chi connectivity index (χ1) is 14.6. The summed E-state index contributed by atoms with van der Waals surface area (Å²) in [5, 5.41) is 5.90. The number of fused-ring (bicyclic) bond motifs is 1. The Morgan fingerprint density at radius 3 is 2.47 bits per heavy atom. The van der Waals surface area contributed by atoms with Gasteiger partial charge in [-0.05, 0) is 62.4 Å². The molecule has 1 aliphatic carbocycles. The molecule has 2 N–H and O–H groups in total. The molecule has 4 rings (SSSR count). The predicted molar refractivity (Wildman–Crippen MR) is 120 cm³/mol. The van der Waals surface area contributed by atoms with Gasteiger partial charge in [0.2, 0.25) is 0 Å². The summed E-state index contributed by atoms with van der Waals surface area (Å²) in [5.41, 5.74) is 3.94. The predicted octanol–water partition coefficient (Wildman–Crippen LogP) is 2.77. The maximum Gasteiger partial charge on any atom is 0.309 e. The lowest BCUT2D eigenvalue weighted by Gasteiger charge is -2.29. The first-order valence-corrected chi connectivity index (χ1v) is 11.8. The third-order valence-electron chi connectivity index (χ3n) is 7.05.